The number of amides is 1. The molecule has 24 heavy (non-hydrogen) atoms. The van der Waals surface area contributed by atoms with Gasteiger partial charge in [0.25, 0.3) is 5.91 Å². The molecule has 0 saturated carbocycles. The summed E-state index contributed by atoms with van der Waals surface area (Å²) in [4.78, 5) is 12.4. The molecule has 0 saturated heterocycles. The third-order valence-corrected chi connectivity index (χ3v) is 4.95. The summed E-state index contributed by atoms with van der Waals surface area (Å²) in [6.07, 6.45) is 0. The van der Waals surface area contributed by atoms with Crippen LogP contribution in [0.2, 0.25) is 5.02 Å². The molecule has 1 amide bonds. The zero-order chi connectivity index (χ0) is 17.1. The van der Waals surface area contributed by atoms with Gasteiger partial charge in [-0.2, -0.15) is 0 Å². The van der Waals surface area contributed by atoms with Crippen molar-refractivity contribution in [3.63, 3.8) is 0 Å². The van der Waals surface area contributed by atoms with Crippen LogP contribution in [0.3, 0.4) is 0 Å². The van der Waals surface area contributed by atoms with Crippen LogP contribution in [0.15, 0.2) is 41.8 Å². The first-order valence-corrected chi connectivity index (χ1v) is 8.54. The lowest BCUT2D eigenvalue weighted by molar-refractivity contribution is 0.0950. The second kappa shape index (κ2) is 7.11. The first kappa shape index (κ1) is 16.6. The molecule has 1 aromatic heterocycles. The maximum atomic E-state index is 12.4. The van der Waals surface area contributed by atoms with Crippen LogP contribution in [0, 0.1) is 0 Å². The van der Waals surface area contributed by atoms with Crippen molar-refractivity contribution in [2.24, 2.45) is 0 Å². The number of fused-ring (bicyclic) bond motifs is 1. The number of nitrogens with one attached hydrogen (secondary N) is 1. The van der Waals surface area contributed by atoms with Gasteiger partial charge in [0.2, 0.25) is 0 Å². The number of carbonyl (C=O) groups excluding carboxylic acids is 1. The number of benzene rings is 2. The summed E-state index contributed by atoms with van der Waals surface area (Å²) in [6.45, 7) is 0.438. The number of carbonyl (C=O) groups is 1. The van der Waals surface area contributed by atoms with Crippen molar-refractivity contribution in [3.05, 3.63) is 57.9 Å². The van der Waals surface area contributed by atoms with E-state index in [-0.39, 0.29) is 5.91 Å². The Bertz CT molecular complexity index is 891. The zero-order valence-corrected chi connectivity index (χ0v) is 14.8. The maximum absolute atomic E-state index is 12.4. The zero-order valence-electron chi connectivity index (χ0n) is 13.3. The number of hydrogen-bond donors (Lipinski definition) is 1. The number of ether oxygens (including phenoxy) is 2. The Morgan fingerprint density at radius 3 is 2.67 bits per heavy atom. The standard InChI is InChI=1S/C18H16ClNO3S/c1-22-15-5-3-11(7-16(15)23-2)18(21)20-9-12-10-24-17-6-4-13(19)8-14(12)17/h3-8,10H,9H2,1-2H3,(H,20,21). The Hall–Kier alpha value is -2.24. The predicted octanol–water partition coefficient (Wildman–Crippen LogP) is 4.50. The van der Waals surface area contributed by atoms with E-state index in [0.717, 1.165) is 15.6 Å². The van der Waals surface area contributed by atoms with Crippen LogP contribution in [0.1, 0.15) is 15.9 Å². The topological polar surface area (TPSA) is 47.6 Å². The van der Waals surface area contributed by atoms with Crippen molar-refractivity contribution in [3.8, 4) is 11.5 Å². The van der Waals surface area contributed by atoms with E-state index in [9.17, 15) is 4.79 Å². The second-order valence-corrected chi connectivity index (χ2v) is 6.50. The minimum Gasteiger partial charge on any atom is -0.493 e. The van der Waals surface area contributed by atoms with Gasteiger partial charge in [0.1, 0.15) is 0 Å². The molecule has 0 aliphatic heterocycles. The van der Waals surface area contributed by atoms with Gasteiger partial charge in [0.05, 0.1) is 14.2 Å². The van der Waals surface area contributed by atoms with Crippen molar-refractivity contribution in [2.45, 2.75) is 6.54 Å². The van der Waals surface area contributed by atoms with Gasteiger partial charge in [0, 0.05) is 21.8 Å². The lowest BCUT2D eigenvalue weighted by atomic mass is 10.1. The van der Waals surface area contributed by atoms with E-state index < -0.39 is 0 Å². The number of thiophene rings is 1. The summed E-state index contributed by atoms with van der Waals surface area (Å²) in [5.41, 5.74) is 1.57. The maximum Gasteiger partial charge on any atom is 0.251 e. The van der Waals surface area contributed by atoms with Crippen LogP contribution >= 0.6 is 22.9 Å². The molecule has 124 valence electrons. The largest absolute Gasteiger partial charge is 0.493 e. The molecular formula is C18H16ClNO3S. The molecule has 0 bridgehead atoms. The first-order valence-electron chi connectivity index (χ1n) is 7.28. The van der Waals surface area contributed by atoms with Crippen LogP contribution < -0.4 is 14.8 Å². The average Bonchev–Trinajstić information content (AvgIpc) is 3.01. The highest BCUT2D eigenvalue weighted by Crippen LogP contribution is 2.29. The number of hydrogen-bond acceptors (Lipinski definition) is 4. The Labute approximate surface area is 149 Å². The summed E-state index contributed by atoms with van der Waals surface area (Å²) >= 11 is 7.69. The van der Waals surface area contributed by atoms with Gasteiger partial charge in [-0.1, -0.05) is 11.6 Å². The number of rotatable bonds is 5. The summed E-state index contributed by atoms with van der Waals surface area (Å²) < 4.78 is 11.6. The molecule has 0 radical (unpaired) electrons. The van der Waals surface area contributed by atoms with E-state index in [2.05, 4.69) is 5.32 Å². The molecule has 2 aromatic carbocycles. The minimum atomic E-state index is -0.169. The van der Waals surface area contributed by atoms with Gasteiger partial charge in [-0.25, -0.2) is 0 Å². The van der Waals surface area contributed by atoms with Gasteiger partial charge in [-0.05, 0) is 52.7 Å². The van der Waals surface area contributed by atoms with E-state index >= 15 is 0 Å². The highest BCUT2D eigenvalue weighted by atomic mass is 35.5. The van der Waals surface area contributed by atoms with Gasteiger partial charge >= 0.3 is 0 Å². The fourth-order valence-electron chi connectivity index (χ4n) is 2.45. The van der Waals surface area contributed by atoms with Gasteiger partial charge in [0.15, 0.2) is 11.5 Å². The molecule has 1 N–H and O–H groups in total. The van der Waals surface area contributed by atoms with E-state index in [1.807, 2.05) is 23.6 Å². The lowest BCUT2D eigenvalue weighted by Gasteiger charge is -2.10. The van der Waals surface area contributed by atoms with Crippen molar-refractivity contribution >= 4 is 38.9 Å². The van der Waals surface area contributed by atoms with E-state index in [0.29, 0.717) is 28.6 Å². The molecule has 0 unspecified atom stereocenters. The Morgan fingerprint density at radius 2 is 1.92 bits per heavy atom. The van der Waals surface area contributed by atoms with E-state index in [1.54, 1.807) is 43.8 Å². The van der Waals surface area contributed by atoms with Crippen LogP contribution in [-0.4, -0.2) is 20.1 Å². The molecule has 6 heteroatoms. The molecule has 3 aromatic rings. The SMILES string of the molecule is COc1ccc(C(=O)NCc2csc3ccc(Cl)cc23)cc1OC. The highest BCUT2D eigenvalue weighted by Gasteiger charge is 2.12. The Morgan fingerprint density at radius 1 is 1.12 bits per heavy atom. The Kier molecular flexibility index (Phi) is 4.92. The van der Waals surface area contributed by atoms with Crippen molar-refractivity contribution in [1.29, 1.82) is 0 Å². The molecule has 0 atom stereocenters. The fraction of sp³-hybridized carbons (Fsp3) is 0.167. The van der Waals surface area contributed by atoms with Crippen molar-refractivity contribution in [2.75, 3.05) is 14.2 Å². The third-order valence-electron chi connectivity index (χ3n) is 3.70. The summed E-state index contributed by atoms with van der Waals surface area (Å²) in [7, 11) is 3.10. The smallest absolute Gasteiger partial charge is 0.251 e. The van der Waals surface area contributed by atoms with Crippen molar-refractivity contribution in [1.82, 2.24) is 5.32 Å². The molecule has 3 rings (SSSR count). The molecule has 0 fully saturated rings. The van der Waals surface area contributed by atoms with E-state index in [1.165, 1.54) is 0 Å². The molecule has 4 nitrogen and oxygen atoms in total. The van der Waals surface area contributed by atoms with Crippen molar-refractivity contribution < 1.29 is 14.3 Å². The van der Waals surface area contributed by atoms with Crippen LogP contribution in [-0.2, 0) is 6.54 Å². The van der Waals surface area contributed by atoms with Gasteiger partial charge in [-0.15, -0.1) is 11.3 Å². The van der Waals surface area contributed by atoms with Gasteiger partial charge in [-0.3, -0.25) is 4.79 Å². The quantitative estimate of drug-likeness (QED) is 0.727. The van der Waals surface area contributed by atoms with Gasteiger partial charge < -0.3 is 14.8 Å². The first-order chi connectivity index (χ1) is 11.6. The molecular weight excluding hydrogens is 346 g/mol. The minimum absolute atomic E-state index is 0.169. The fourth-order valence-corrected chi connectivity index (χ4v) is 3.56. The number of halogens is 1. The normalized spacial score (nSPS) is 10.6. The molecule has 1 heterocycles. The molecule has 0 aliphatic rings. The summed E-state index contributed by atoms with van der Waals surface area (Å²) in [5, 5.41) is 6.73. The summed E-state index contributed by atoms with van der Waals surface area (Å²) in [6, 6.07) is 10.9. The van der Waals surface area contributed by atoms with Crippen LogP contribution in [0.4, 0.5) is 0 Å². The predicted molar refractivity (Wildman–Crippen MR) is 97.6 cm³/mol. The second-order valence-electron chi connectivity index (χ2n) is 5.15. The number of methoxy groups -OCH3 is 2. The molecule has 0 aliphatic carbocycles. The van der Waals surface area contributed by atoms with E-state index in [4.69, 9.17) is 21.1 Å². The average molecular weight is 362 g/mol. The Balaban J connectivity index is 1.76. The monoisotopic (exact) mass is 361 g/mol. The lowest BCUT2D eigenvalue weighted by Crippen LogP contribution is -2.22. The third kappa shape index (κ3) is 3.32. The highest BCUT2D eigenvalue weighted by molar-refractivity contribution is 7.17. The molecule has 0 spiro atoms. The van der Waals surface area contributed by atoms with Crippen LogP contribution in [0.25, 0.3) is 10.1 Å². The summed E-state index contributed by atoms with van der Waals surface area (Å²) in [5.74, 6) is 0.947. The van der Waals surface area contributed by atoms with Crippen LogP contribution in [0.5, 0.6) is 11.5 Å².